The standard InChI is InChI=1S/C6H13O9P.2Na/c7-1-2-3(8)4(9)5(10)6(14-2)15-16(11,12)13;;/h2-10H,1H2,(H2,11,12,13);;/q;2*+1/t2-,3-,4+,5-,6?;;/m1../s1. The Morgan fingerprint density at radius 3 is 1.94 bits per heavy atom. The third-order valence-electron chi connectivity index (χ3n) is 2.09. The molecule has 96 valence electrons. The smallest absolute Gasteiger partial charge is 0.394 e. The van der Waals surface area contributed by atoms with Gasteiger partial charge in [0.2, 0.25) is 0 Å². The number of ether oxygens (including phenoxy) is 1. The number of aliphatic hydroxyl groups excluding tert-OH is 4. The van der Waals surface area contributed by atoms with Crippen LogP contribution in [0.5, 0.6) is 0 Å². The Labute approximate surface area is 147 Å². The fourth-order valence-electron chi connectivity index (χ4n) is 1.29. The van der Waals surface area contributed by atoms with Gasteiger partial charge in [0.05, 0.1) is 6.61 Å². The van der Waals surface area contributed by atoms with Crippen molar-refractivity contribution < 1.29 is 103 Å². The summed E-state index contributed by atoms with van der Waals surface area (Å²) in [7, 11) is -4.91. The maximum absolute atomic E-state index is 10.5. The summed E-state index contributed by atoms with van der Waals surface area (Å²) in [6.07, 6.45) is -8.25. The van der Waals surface area contributed by atoms with Crippen molar-refractivity contribution in [3.63, 3.8) is 0 Å². The van der Waals surface area contributed by atoms with Crippen molar-refractivity contribution >= 4 is 7.82 Å². The zero-order valence-corrected chi connectivity index (χ0v) is 14.8. The third-order valence-corrected chi connectivity index (χ3v) is 2.57. The summed E-state index contributed by atoms with van der Waals surface area (Å²) in [6, 6.07) is 0. The molecule has 0 aromatic rings. The Bertz CT molecular complexity index is 284. The third kappa shape index (κ3) is 6.13. The van der Waals surface area contributed by atoms with Crippen LogP contribution in [-0.4, -0.2) is 67.5 Å². The molecular formula is C6H13Na2O9P+2. The number of hydrogen-bond acceptors (Lipinski definition) is 7. The minimum absolute atomic E-state index is 0. The quantitative estimate of drug-likeness (QED) is 0.220. The van der Waals surface area contributed by atoms with E-state index in [2.05, 4.69) is 9.26 Å². The van der Waals surface area contributed by atoms with Crippen molar-refractivity contribution in [2.24, 2.45) is 0 Å². The SMILES string of the molecule is O=P(O)(O)OC1O[C@H](CO)[C@@H](O)[C@H](O)[C@H]1O.[Na+].[Na+]. The maximum Gasteiger partial charge on any atom is 1.00 e. The number of phosphoric ester groups is 1. The van der Waals surface area contributed by atoms with Crippen molar-refractivity contribution in [1.29, 1.82) is 0 Å². The van der Waals surface area contributed by atoms with Crippen LogP contribution in [0.4, 0.5) is 0 Å². The number of hydrogen-bond donors (Lipinski definition) is 6. The molecule has 1 fully saturated rings. The van der Waals surface area contributed by atoms with Gasteiger partial charge < -0.3 is 34.9 Å². The molecule has 1 rings (SSSR count). The Balaban J connectivity index is 0. The molecule has 0 bridgehead atoms. The minimum atomic E-state index is -4.91. The second kappa shape index (κ2) is 9.04. The largest absolute Gasteiger partial charge is 1.00 e. The predicted octanol–water partition coefficient (Wildman–Crippen LogP) is -9.10. The Kier molecular flexibility index (Phi) is 11.1. The fourth-order valence-corrected chi connectivity index (χ4v) is 1.73. The number of aliphatic hydroxyl groups is 4. The van der Waals surface area contributed by atoms with Gasteiger partial charge in [-0.1, -0.05) is 0 Å². The Morgan fingerprint density at radius 1 is 1.06 bits per heavy atom. The van der Waals surface area contributed by atoms with Crippen molar-refractivity contribution in [3.8, 4) is 0 Å². The van der Waals surface area contributed by atoms with Gasteiger partial charge in [-0.2, -0.15) is 0 Å². The van der Waals surface area contributed by atoms with Crippen LogP contribution in [0.1, 0.15) is 0 Å². The van der Waals surface area contributed by atoms with Gasteiger partial charge in [0.25, 0.3) is 0 Å². The summed E-state index contributed by atoms with van der Waals surface area (Å²) < 4.78 is 19.2. The van der Waals surface area contributed by atoms with Gasteiger partial charge in [0, 0.05) is 0 Å². The van der Waals surface area contributed by atoms with Gasteiger partial charge >= 0.3 is 66.9 Å². The van der Waals surface area contributed by atoms with Crippen LogP contribution in [0.15, 0.2) is 0 Å². The number of rotatable bonds is 3. The van der Waals surface area contributed by atoms with E-state index in [0.717, 1.165) is 0 Å². The monoisotopic (exact) mass is 306 g/mol. The van der Waals surface area contributed by atoms with Crippen LogP contribution in [0.2, 0.25) is 0 Å². The molecule has 0 aromatic carbocycles. The molecule has 0 amide bonds. The molecule has 1 heterocycles. The van der Waals surface area contributed by atoms with E-state index >= 15 is 0 Å². The summed E-state index contributed by atoms with van der Waals surface area (Å²) in [5.74, 6) is 0. The van der Waals surface area contributed by atoms with Crippen LogP contribution >= 0.6 is 7.82 Å². The van der Waals surface area contributed by atoms with Crippen LogP contribution in [-0.2, 0) is 13.8 Å². The molecule has 1 unspecified atom stereocenters. The fraction of sp³-hybridized carbons (Fsp3) is 1.00. The van der Waals surface area contributed by atoms with E-state index in [0.29, 0.717) is 0 Å². The van der Waals surface area contributed by atoms with E-state index in [1.807, 2.05) is 0 Å². The zero-order valence-electron chi connectivity index (χ0n) is 9.95. The number of phosphoric acid groups is 1. The maximum atomic E-state index is 10.5. The molecule has 1 saturated heterocycles. The van der Waals surface area contributed by atoms with Crippen LogP contribution in [0.3, 0.4) is 0 Å². The minimum Gasteiger partial charge on any atom is -0.394 e. The van der Waals surface area contributed by atoms with E-state index in [-0.39, 0.29) is 59.1 Å². The molecule has 0 aliphatic carbocycles. The van der Waals surface area contributed by atoms with E-state index in [4.69, 9.17) is 14.9 Å². The first-order chi connectivity index (χ1) is 7.26. The summed E-state index contributed by atoms with van der Waals surface area (Å²) in [5, 5.41) is 36.6. The Hall–Kier alpha value is 1.91. The van der Waals surface area contributed by atoms with Gasteiger partial charge in [-0.05, 0) is 0 Å². The molecular weight excluding hydrogens is 293 g/mol. The van der Waals surface area contributed by atoms with E-state index in [1.165, 1.54) is 0 Å². The van der Waals surface area contributed by atoms with Crippen LogP contribution in [0, 0.1) is 0 Å². The van der Waals surface area contributed by atoms with Gasteiger partial charge in [0.15, 0.2) is 6.29 Å². The summed E-state index contributed by atoms with van der Waals surface area (Å²) in [5.41, 5.74) is 0. The van der Waals surface area contributed by atoms with Gasteiger partial charge in [0.1, 0.15) is 24.4 Å². The summed E-state index contributed by atoms with van der Waals surface area (Å²) in [4.78, 5) is 17.0. The molecule has 0 spiro atoms. The average molecular weight is 306 g/mol. The zero-order chi connectivity index (χ0) is 12.5. The van der Waals surface area contributed by atoms with Gasteiger partial charge in [-0.3, -0.25) is 4.52 Å². The van der Waals surface area contributed by atoms with E-state index < -0.39 is 45.1 Å². The van der Waals surface area contributed by atoms with Crippen molar-refractivity contribution in [2.75, 3.05) is 6.61 Å². The normalized spacial score (nSPS) is 36.4. The predicted molar refractivity (Wildman–Crippen MR) is 46.9 cm³/mol. The van der Waals surface area contributed by atoms with Crippen molar-refractivity contribution in [2.45, 2.75) is 30.7 Å². The molecule has 1 aliphatic rings. The molecule has 0 saturated carbocycles. The molecule has 12 heteroatoms. The second-order valence-corrected chi connectivity index (χ2v) is 4.49. The van der Waals surface area contributed by atoms with Crippen LogP contribution in [0.25, 0.3) is 0 Å². The van der Waals surface area contributed by atoms with Crippen LogP contribution < -0.4 is 59.1 Å². The van der Waals surface area contributed by atoms with Gasteiger partial charge in [-0.15, -0.1) is 0 Å². The average Bonchev–Trinajstić information content (AvgIpc) is 2.17. The first-order valence-electron chi connectivity index (χ1n) is 4.30. The van der Waals surface area contributed by atoms with E-state index in [1.54, 1.807) is 0 Å². The molecule has 0 radical (unpaired) electrons. The molecule has 1 aliphatic heterocycles. The first kappa shape index (κ1) is 22.2. The Morgan fingerprint density at radius 2 is 1.56 bits per heavy atom. The molecule has 9 nitrogen and oxygen atoms in total. The topological polar surface area (TPSA) is 157 Å². The van der Waals surface area contributed by atoms with Gasteiger partial charge in [-0.25, -0.2) is 4.57 Å². The summed E-state index contributed by atoms with van der Waals surface area (Å²) in [6.45, 7) is -0.702. The molecule has 0 aromatic heterocycles. The van der Waals surface area contributed by atoms with Crippen molar-refractivity contribution in [3.05, 3.63) is 0 Å². The molecule has 6 N–H and O–H groups in total. The molecule has 18 heavy (non-hydrogen) atoms. The van der Waals surface area contributed by atoms with E-state index in [9.17, 15) is 19.9 Å². The second-order valence-electron chi connectivity index (χ2n) is 3.29. The summed E-state index contributed by atoms with van der Waals surface area (Å²) >= 11 is 0. The first-order valence-corrected chi connectivity index (χ1v) is 5.83. The molecule has 5 atom stereocenters. The van der Waals surface area contributed by atoms with Crippen molar-refractivity contribution in [1.82, 2.24) is 0 Å².